The Hall–Kier alpha value is -0.670. The minimum absolute atomic E-state index is 0.0143. The van der Waals surface area contributed by atoms with Crippen molar-refractivity contribution in [1.82, 2.24) is 4.72 Å². The average Bonchev–Trinajstić information content (AvgIpc) is 2.89. The maximum atomic E-state index is 12.0. The Morgan fingerprint density at radius 1 is 1.15 bits per heavy atom. The van der Waals surface area contributed by atoms with Crippen molar-refractivity contribution in [1.29, 1.82) is 0 Å². The van der Waals surface area contributed by atoms with Gasteiger partial charge in [0.15, 0.2) is 0 Å². The molecule has 1 heterocycles. The van der Waals surface area contributed by atoms with Crippen LogP contribution in [0.2, 0.25) is 0 Å². The lowest BCUT2D eigenvalue weighted by molar-refractivity contribution is 0.114. The van der Waals surface area contributed by atoms with Gasteiger partial charge in [0.1, 0.15) is 0 Å². The summed E-state index contributed by atoms with van der Waals surface area (Å²) in [5.74, 6) is 0. The van der Waals surface area contributed by atoms with Crippen LogP contribution >= 0.6 is 10.7 Å². The summed E-state index contributed by atoms with van der Waals surface area (Å²) >= 11 is 0. The Balaban J connectivity index is 2.09. The van der Waals surface area contributed by atoms with Gasteiger partial charge in [-0.1, -0.05) is 0 Å². The molecule has 0 spiro atoms. The minimum atomic E-state index is -3.85. The van der Waals surface area contributed by atoms with Crippen LogP contribution in [-0.2, 0) is 23.8 Å². The molecule has 1 aromatic carbocycles. The fraction of sp³-hybridized carbons (Fsp3) is 0.455. The largest absolute Gasteiger partial charge is 0.377 e. The number of benzene rings is 1. The average molecular weight is 340 g/mol. The molecule has 0 saturated carbocycles. The summed E-state index contributed by atoms with van der Waals surface area (Å²) in [6, 6.07) is 4.71. The molecule has 9 heteroatoms. The second-order valence-electron chi connectivity index (χ2n) is 4.40. The van der Waals surface area contributed by atoms with E-state index in [1.807, 2.05) is 0 Å². The Morgan fingerprint density at radius 2 is 1.75 bits per heavy atom. The van der Waals surface area contributed by atoms with Gasteiger partial charge in [0, 0.05) is 23.8 Å². The molecule has 1 aliphatic heterocycles. The minimum Gasteiger partial charge on any atom is -0.377 e. The summed E-state index contributed by atoms with van der Waals surface area (Å²) in [5, 5.41) is 0. The van der Waals surface area contributed by atoms with E-state index in [9.17, 15) is 16.8 Å². The Kier molecular flexibility index (Phi) is 4.70. The van der Waals surface area contributed by atoms with E-state index in [4.69, 9.17) is 15.4 Å². The van der Waals surface area contributed by atoms with E-state index in [2.05, 4.69) is 4.72 Å². The Bertz CT molecular complexity index is 663. The van der Waals surface area contributed by atoms with Crippen LogP contribution in [0.4, 0.5) is 0 Å². The van der Waals surface area contributed by atoms with Gasteiger partial charge in [0.2, 0.25) is 10.0 Å². The molecule has 0 amide bonds. The fourth-order valence-corrected chi connectivity index (χ4v) is 3.71. The predicted octanol–water partition coefficient (Wildman–Crippen LogP) is 1.07. The van der Waals surface area contributed by atoms with Crippen LogP contribution in [0.25, 0.3) is 0 Å². The van der Waals surface area contributed by atoms with E-state index in [0.717, 1.165) is 25.0 Å². The van der Waals surface area contributed by atoms with Crippen molar-refractivity contribution < 1.29 is 21.6 Å². The molecule has 0 aromatic heterocycles. The second-order valence-corrected chi connectivity index (χ2v) is 8.73. The van der Waals surface area contributed by atoms with Crippen molar-refractivity contribution >= 4 is 29.8 Å². The summed E-state index contributed by atoms with van der Waals surface area (Å²) in [4.78, 5) is -0.156. The highest BCUT2D eigenvalue weighted by Gasteiger charge is 2.20. The van der Waals surface area contributed by atoms with Gasteiger partial charge in [0.05, 0.1) is 15.9 Å². The molecule has 0 radical (unpaired) electrons. The third-order valence-electron chi connectivity index (χ3n) is 2.94. The molecule has 0 aliphatic carbocycles. The number of ether oxygens (including phenoxy) is 1. The summed E-state index contributed by atoms with van der Waals surface area (Å²) in [6.45, 7) is 0.854. The molecule has 6 nitrogen and oxygen atoms in total. The SMILES string of the molecule is O=S(=O)(Cl)c1ccc(S(=O)(=O)NCC2CCCO2)cc1. The standard InChI is InChI=1S/C11H14ClNO5S2/c12-19(14,15)10-3-5-11(6-4-10)20(16,17)13-8-9-2-1-7-18-9/h3-6,9,13H,1-2,7-8H2. The molecule has 1 aromatic rings. The van der Waals surface area contributed by atoms with Crippen molar-refractivity contribution in [2.24, 2.45) is 0 Å². The first kappa shape index (κ1) is 15.7. The lowest BCUT2D eigenvalue weighted by Crippen LogP contribution is -2.31. The molecule has 2 rings (SSSR count). The zero-order valence-corrected chi connectivity index (χ0v) is 12.8. The number of hydrogen-bond acceptors (Lipinski definition) is 5. The quantitative estimate of drug-likeness (QED) is 0.810. The summed E-state index contributed by atoms with van der Waals surface area (Å²) < 4.78 is 53.9. The number of hydrogen-bond donors (Lipinski definition) is 1. The van der Waals surface area contributed by atoms with Gasteiger partial charge in [0.25, 0.3) is 9.05 Å². The highest BCUT2D eigenvalue weighted by Crippen LogP contribution is 2.18. The topological polar surface area (TPSA) is 89.5 Å². The lowest BCUT2D eigenvalue weighted by Gasteiger charge is -2.11. The first-order valence-electron chi connectivity index (χ1n) is 5.95. The van der Waals surface area contributed by atoms with Gasteiger partial charge in [-0.2, -0.15) is 0 Å². The first-order valence-corrected chi connectivity index (χ1v) is 9.74. The number of halogens is 1. The zero-order chi connectivity index (χ0) is 14.8. The molecule has 1 N–H and O–H groups in total. The van der Waals surface area contributed by atoms with Crippen LogP contribution in [0.3, 0.4) is 0 Å². The highest BCUT2D eigenvalue weighted by atomic mass is 35.7. The lowest BCUT2D eigenvalue weighted by atomic mass is 10.2. The third kappa shape index (κ3) is 3.92. The molecule has 1 unspecified atom stereocenters. The Morgan fingerprint density at radius 3 is 2.25 bits per heavy atom. The number of rotatable bonds is 5. The van der Waals surface area contributed by atoms with Crippen molar-refractivity contribution in [3.8, 4) is 0 Å². The van der Waals surface area contributed by atoms with Crippen LogP contribution in [0.15, 0.2) is 34.1 Å². The van der Waals surface area contributed by atoms with Crippen molar-refractivity contribution in [2.75, 3.05) is 13.2 Å². The maximum absolute atomic E-state index is 12.0. The van der Waals surface area contributed by atoms with Crippen LogP contribution in [0.5, 0.6) is 0 Å². The molecule has 1 aliphatic rings. The molecule has 1 atom stereocenters. The Labute approximate surface area is 122 Å². The van der Waals surface area contributed by atoms with E-state index >= 15 is 0 Å². The van der Waals surface area contributed by atoms with Gasteiger partial charge in [-0.05, 0) is 37.1 Å². The van der Waals surface area contributed by atoms with Crippen LogP contribution in [0, 0.1) is 0 Å². The summed E-state index contributed by atoms with van der Waals surface area (Å²) in [6.07, 6.45) is 1.65. The molecule has 1 fully saturated rings. The van der Waals surface area contributed by atoms with E-state index in [0.29, 0.717) is 6.61 Å². The third-order valence-corrected chi connectivity index (χ3v) is 5.75. The zero-order valence-electron chi connectivity index (χ0n) is 10.5. The van der Waals surface area contributed by atoms with E-state index < -0.39 is 19.1 Å². The molecule has 20 heavy (non-hydrogen) atoms. The normalized spacial score (nSPS) is 20.1. The highest BCUT2D eigenvalue weighted by molar-refractivity contribution is 8.13. The van der Waals surface area contributed by atoms with Crippen molar-refractivity contribution in [2.45, 2.75) is 28.7 Å². The van der Waals surface area contributed by atoms with E-state index in [1.165, 1.54) is 12.1 Å². The fourth-order valence-electron chi connectivity index (χ4n) is 1.87. The smallest absolute Gasteiger partial charge is 0.261 e. The van der Waals surface area contributed by atoms with Gasteiger partial charge >= 0.3 is 0 Å². The van der Waals surface area contributed by atoms with E-state index in [1.54, 1.807) is 0 Å². The molecule has 0 bridgehead atoms. The van der Waals surface area contributed by atoms with Gasteiger partial charge in [-0.3, -0.25) is 0 Å². The van der Waals surface area contributed by atoms with Crippen molar-refractivity contribution in [3.63, 3.8) is 0 Å². The predicted molar refractivity (Wildman–Crippen MR) is 73.6 cm³/mol. The van der Waals surface area contributed by atoms with Crippen LogP contribution in [-0.4, -0.2) is 36.1 Å². The van der Waals surface area contributed by atoms with Gasteiger partial charge in [-0.15, -0.1) is 0 Å². The molecular formula is C11H14ClNO5S2. The molecule has 112 valence electrons. The second kappa shape index (κ2) is 5.98. The van der Waals surface area contributed by atoms with E-state index in [-0.39, 0.29) is 22.4 Å². The summed E-state index contributed by atoms with van der Waals surface area (Å²) in [5.41, 5.74) is 0. The van der Waals surface area contributed by atoms with Crippen LogP contribution < -0.4 is 4.72 Å². The number of sulfonamides is 1. The van der Waals surface area contributed by atoms with Gasteiger partial charge < -0.3 is 4.74 Å². The van der Waals surface area contributed by atoms with Crippen molar-refractivity contribution in [3.05, 3.63) is 24.3 Å². The van der Waals surface area contributed by atoms with Gasteiger partial charge in [-0.25, -0.2) is 21.6 Å². The maximum Gasteiger partial charge on any atom is 0.261 e. The van der Waals surface area contributed by atoms with Crippen LogP contribution in [0.1, 0.15) is 12.8 Å². The monoisotopic (exact) mass is 339 g/mol. The number of nitrogens with one attached hydrogen (secondary N) is 1. The molecular weight excluding hydrogens is 326 g/mol. The first-order chi connectivity index (χ1) is 9.29. The summed E-state index contributed by atoms with van der Waals surface area (Å²) in [7, 11) is -2.37. The molecule has 1 saturated heterocycles.